The van der Waals surface area contributed by atoms with Crippen LogP contribution in [0.25, 0.3) is 11.5 Å². The van der Waals surface area contributed by atoms with Crippen LogP contribution < -0.4 is 0 Å². The molecule has 0 saturated carbocycles. The van der Waals surface area contributed by atoms with Crippen LogP contribution in [0.5, 0.6) is 0 Å². The van der Waals surface area contributed by atoms with Gasteiger partial charge in [-0.2, -0.15) is 0 Å². The average Bonchev–Trinajstić information content (AvgIpc) is 3.33. The van der Waals surface area contributed by atoms with Crippen molar-refractivity contribution in [1.82, 2.24) is 24.6 Å². The number of aromatic nitrogens is 4. The van der Waals surface area contributed by atoms with E-state index >= 15 is 0 Å². The molecule has 9 heteroatoms. The topological polar surface area (TPSA) is 77.1 Å². The summed E-state index contributed by atoms with van der Waals surface area (Å²) < 4.78 is 35.2. The molecule has 1 amide bonds. The van der Waals surface area contributed by atoms with Gasteiger partial charge in [0.1, 0.15) is 11.7 Å². The summed E-state index contributed by atoms with van der Waals surface area (Å²) in [7, 11) is 1.70. The summed E-state index contributed by atoms with van der Waals surface area (Å²) in [5.74, 6) is -3.41. The zero-order chi connectivity index (χ0) is 18.3. The average molecular weight is 359 g/mol. The van der Waals surface area contributed by atoms with Gasteiger partial charge in [-0.05, 0) is 12.1 Å². The second-order valence-electron chi connectivity index (χ2n) is 6.24. The molecular weight excluding hydrogens is 344 g/mol. The zero-order valence-electron chi connectivity index (χ0n) is 13.8. The summed E-state index contributed by atoms with van der Waals surface area (Å²) in [5, 5.41) is 7.83. The molecule has 26 heavy (non-hydrogen) atoms. The van der Waals surface area contributed by atoms with Crippen molar-refractivity contribution >= 4 is 5.91 Å². The summed E-state index contributed by atoms with van der Waals surface area (Å²) >= 11 is 0. The second-order valence-corrected chi connectivity index (χ2v) is 6.24. The highest BCUT2D eigenvalue weighted by molar-refractivity contribution is 5.92. The third-order valence-corrected chi connectivity index (χ3v) is 4.20. The van der Waals surface area contributed by atoms with Crippen LogP contribution in [0.15, 0.2) is 47.3 Å². The van der Waals surface area contributed by atoms with E-state index < -0.39 is 30.8 Å². The fraction of sp³-hybridized carbons (Fsp3) is 0.294. The summed E-state index contributed by atoms with van der Waals surface area (Å²) in [6, 6.07) is 8.00. The lowest BCUT2D eigenvalue weighted by Crippen LogP contribution is -2.33. The lowest BCUT2D eigenvalue weighted by Gasteiger charge is -2.20. The Labute approximate surface area is 147 Å². The molecule has 3 heterocycles. The number of amides is 1. The van der Waals surface area contributed by atoms with E-state index in [2.05, 4.69) is 15.2 Å². The highest BCUT2D eigenvalue weighted by Gasteiger charge is 2.50. The van der Waals surface area contributed by atoms with E-state index in [1.807, 2.05) is 6.07 Å². The van der Waals surface area contributed by atoms with Crippen LogP contribution in [0.1, 0.15) is 28.8 Å². The summed E-state index contributed by atoms with van der Waals surface area (Å²) in [6.07, 6.45) is 2.36. The summed E-state index contributed by atoms with van der Waals surface area (Å²) in [4.78, 5) is 17.6. The molecule has 134 valence electrons. The minimum absolute atomic E-state index is 0.00897. The van der Waals surface area contributed by atoms with Gasteiger partial charge in [0, 0.05) is 25.2 Å². The van der Waals surface area contributed by atoms with Crippen molar-refractivity contribution in [2.75, 3.05) is 6.54 Å². The van der Waals surface area contributed by atoms with Crippen LogP contribution in [0.2, 0.25) is 0 Å². The number of rotatable bonds is 3. The van der Waals surface area contributed by atoms with Gasteiger partial charge in [0.2, 0.25) is 11.8 Å². The molecule has 1 saturated heterocycles. The van der Waals surface area contributed by atoms with Crippen molar-refractivity contribution < 1.29 is 18.0 Å². The zero-order valence-corrected chi connectivity index (χ0v) is 13.8. The Bertz CT molecular complexity index is 938. The number of carbonyl (C=O) groups is 1. The lowest BCUT2D eigenvalue weighted by atomic mass is 10.2. The normalized spacial score (nSPS) is 19.0. The predicted octanol–water partition coefficient (Wildman–Crippen LogP) is 2.69. The van der Waals surface area contributed by atoms with E-state index in [-0.39, 0.29) is 17.5 Å². The SMILES string of the molecule is Cn1cnc(C(=O)N2CC(F)(F)C[C@H]2c2nnc(-c3ccccc3)o2)c1. The molecule has 0 radical (unpaired) electrons. The Kier molecular flexibility index (Phi) is 3.78. The minimum atomic E-state index is -3.03. The van der Waals surface area contributed by atoms with Crippen LogP contribution in [0.3, 0.4) is 0 Å². The fourth-order valence-electron chi connectivity index (χ4n) is 2.99. The standard InChI is InChI=1S/C17H15F2N5O2/c1-23-8-12(20-10-23)16(25)24-9-17(18,19)7-13(24)15-22-21-14(26-15)11-5-3-2-4-6-11/h2-6,8,10,13H,7,9H2,1H3/t13-/m0/s1. The Balaban J connectivity index is 1.65. The number of imidazole rings is 1. The molecule has 1 aromatic carbocycles. The molecule has 0 bridgehead atoms. The number of likely N-dealkylation sites (tertiary alicyclic amines) is 1. The second kappa shape index (κ2) is 6.01. The minimum Gasteiger partial charge on any atom is -0.418 e. The van der Waals surface area contributed by atoms with E-state index in [9.17, 15) is 13.6 Å². The highest BCUT2D eigenvalue weighted by Crippen LogP contribution is 2.41. The predicted molar refractivity (Wildman–Crippen MR) is 86.3 cm³/mol. The number of carbonyl (C=O) groups excluding carboxylic acids is 1. The molecule has 0 N–H and O–H groups in total. The van der Waals surface area contributed by atoms with Gasteiger partial charge in [0.15, 0.2) is 0 Å². The molecule has 1 aliphatic heterocycles. The Morgan fingerprint density at radius 3 is 2.73 bits per heavy atom. The van der Waals surface area contributed by atoms with Crippen LogP contribution in [0, 0.1) is 0 Å². The maximum atomic E-state index is 14.0. The van der Waals surface area contributed by atoms with Gasteiger partial charge in [-0.1, -0.05) is 18.2 Å². The molecule has 2 aromatic heterocycles. The first-order valence-electron chi connectivity index (χ1n) is 7.98. The Morgan fingerprint density at radius 2 is 2.04 bits per heavy atom. The number of nitrogens with zero attached hydrogens (tertiary/aromatic N) is 5. The number of halogens is 2. The number of hydrogen-bond donors (Lipinski definition) is 0. The first-order valence-corrected chi connectivity index (χ1v) is 7.98. The van der Waals surface area contributed by atoms with Crippen molar-refractivity contribution in [2.45, 2.75) is 18.4 Å². The Morgan fingerprint density at radius 1 is 1.27 bits per heavy atom. The number of hydrogen-bond acceptors (Lipinski definition) is 5. The van der Waals surface area contributed by atoms with Crippen molar-refractivity contribution in [1.29, 1.82) is 0 Å². The van der Waals surface area contributed by atoms with Gasteiger partial charge in [-0.25, -0.2) is 13.8 Å². The molecule has 1 fully saturated rings. The van der Waals surface area contributed by atoms with E-state index in [0.717, 1.165) is 4.90 Å². The van der Waals surface area contributed by atoms with Crippen molar-refractivity contribution in [3.05, 3.63) is 54.4 Å². The van der Waals surface area contributed by atoms with Gasteiger partial charge in [-0.3, -0.25) is 4.79 Å². The molecular formula is C17H15F2N5O2. The van der Waals surface area contributed by atoms with Crippen molar-refractivity contribution in [2.24, 2.45) is 7.05 Å². The van der Waals surface area contributed by atoms with Crippen molar-refractivity contribution in [3.8, 4) is 11.5 Å². The van der Waals surface area contributed by atoms with Gasteiger partial charge in [-0.15, -0.1) is 10.2 Å². The summed E-state index contributed by atoms with van der Waals surface area (Å²) in [6.45, 7) is -0.712. The monoisotopic (exact) mass is 359 g/mol. The number of alkyl halides is 2. The number of benzene rings is 1. The molecule has 4 rings (SSSR count). The van der Waals surface area contributed by atoms with E-state index in [1.54, 1.807) is 35.9 Å². The third-order valence-electron chi connectivity index (χ3n) is 4.20. The Hall–Kier alpha value is -3.10. The van der Waals surface area contributed by atoms with Gasteiger partial charge < -0.3 is 13.9 Å². The lowest BCUT2D eigenvalue weighted by molar-refractivity contribution is 0.0116. The van der Waals surface area contributed by atoms with Gasteiger partial charge >= 0.3 is 0 Å². The smallest absolute Gasteiger partial charge is 0.274 e. The van der Waals surface area contributed by atoms with Crippen LogP contribution in [0.4, 0.5) is 8.78 Å². The third kappa shape index (κ3) is 2.96. The molecule has 0 aliphatic carbocycles. The maximum absolute atomic E-state index is 14.0. The largest absolute Gasteiger partial charge is 0.418 e. The fourth-order valence-corrected chi connectivity index (χ4v) is 2.99. The van der Waals surface area contributed by atoms with Crippen LogP contribution >= 0.6 is 0 Å². The molecule has 7 nitrogen and oxygen atoms in total. The van der Waals surface area contributed by atoms with Gasteiger partial charge in [0.25, 0.3) is 11.8 Å². The molecule has 0 unspecified atom stereocenters. The van der Waals surface area contributed by atoms with E-state index in [1.165, 1.54) is 12.5 Å². The molecule has 3 aromatic rings. The first kappa shape index (κ1) is 16.4. The van der Waals surface area contributed by atoms with Crippen LogP contribution in [-0.4, -0.2) is 43.0 Å². The molecule has 1 aliphatic rings. The molecule has 0 spiro atoms. The number of aryl methyl sites for hydroxylation is 1. The highest BCUT2D eigenvalue weighted by atomic mass is 19.3. The van der Waals surface area contributed by atoms with E-state index in [0.29, 0.717) is 5.56 Å². The van der Waals surface area contributed by atoms with Gasteiger partial charge in [0.05, 0.1) is 12.9 Å². The van der Waals surface area contributed by atoms with E-state index in [4.69, 9.17) is 4.42 Å². The van der Waals surface area contributed by atoms with Crippen LogP contribution in [-0.2, 0) is 7.05 Å². The summed E-state index contributed by atoms with van der Waals surface area (Å²) in [5.41, 5.74) is 0.775. The maximum Gasteiger partial charge on any atom is 0.274 e. The molecule has 1 atom stereocenters. The first-order chi connectivity index (χ1) is 12.4. The quantitative estimate of drug-likeness (QED) is 0.719. The van der Waals surface area contributed by atoms with Crippen molar-refractivity contribution in [3.63, 3.8) is 0 Å².